The van der Waals surface area contributed by atoms with Crippen molar-refractivity contribution in [3.63, 3.8) is 0 Å². The molecule has 0 radical (unpaired) electrons. The Balaban J connectivity index is 1.36. The third-order valence-corrected chi connectivity index (χ3v) is 5.72. The summed E-state index contributed by atoms with van der Waals surface area (Å²) in [4.78, 5) is 2.31. The predicted octanol–water partition coefficient (Wildman–Crippen LogP) is 3.09. The van der Waals surface area contributed by atoms with Crippen molar-refractivity contribution in [1.29, 1.82) is 0 Å². The molecule has 5 rings (SSSR count). The van der Waals surface area contributed by atoms with E-state index in [0.717, 1.165) is 48.7 Å². The maximum atomic E-state index is 5.75. The van der Waals surface area contributed by atoms with Gasteiger partial charge in [0.25, 0.3) is 0 Å². The molecular formula is C22H27N5O2. The SMILES string of the molecule is CN(Cc1cn(C)nc1-c1ccc2c(c1)OCCO2)Cc1n[nH]c2c1CCCC2. The Kier molecular flexibility index (Phi) is 4.75. The van der Waals surface area contributed by atoms with E-state index in [1.165, 1.54) is 35.4 Å². The standard InChI is InChI=1S/C22H27N5O2/c1-26(14-19-17-5-3-4-6-18(17)23-24-19)12-16-13-27(2)25-22(16)15-7-8-20-21(11-15)29-10-9-28-20/h7-8,11,13H,3-6,9-10,12,14H2,1-2H3,(H,23,24). The normalized spacial score (nSPS) is 15.6. The van der Waals surface area contributed by atoms with Crippen LogP contribution in [0.2, 0.25) is 0 Å². The second-order valence-electron chi connectivity index (χ2n) is 8.04. The van der Waals surface area contributed by atoms with Gasteiger partial charge in [-0.2, -0.15) is 10.2 Å². The van der Waals surface area contributed by atoms with E-state index in [2.05, 4.69) is 34.4 Å². The lowest BCUT2D eigenvalue weighted by Gasteiger charge is -2.19. The Labute approximate surface area is 170 Å². The highest BCUT2D eigenvalue weighted by Crippen LogP contribution is 2.35. The molecule has 3 aromatic rings. The highest BCUT2D eigenvalue weighted by atomic mass is 16.6. The fraction of sp³-hybridized carbons (Fsp3) is 0.455. The highest BCUT2D eigenvalue weighted by molar-refractivity contribution is 5.66. The first-order valence-electron chi connectivity index (χ1n) is 10.3. The van der Waals surface area contributed by atoms with Gasteiger partial charge in [0.1, 0.15) is 13.2 Å². The maximum Gasteiger partial charge on any atom is 0.162 e. The quantitative estimate of drug-likeness (QED) is 0.721. The van der Waals surface area contributed by atoms with Crippen LogP contribution in [0.1, 0.15) is 35.4 Å². The number of rotatable bonds is 5. The van der Waals surface area contributed by atoms with Crippen LogP contribution in [0.15, 0.2) is 24.4 Å². The van der Waals surface area contributed by atoms with Gasteiger partial charge < -0.3 is 9.47 Å². The van der Waals surface area contributed by atoms with Crippen molar-refractivity contribution in [2.45, 2.75) is 38.8 Å². The molecular weight excluding hydrogens is 366 g/mol. The Morgan fingerprint density at radius 3 is 2.83 bits per heavy atom. The highest BCUT2D eigenvalue weighted by Gasteiger charge is 2.20. The number of aryl methyl sites for hydroxylation is 2. The molecule has 1 aromatic carbocycles. The van der Waals surface area contributed by atoms with Gasteiger partial charge in [0.15, 0.2) is 11.5 Å². The number of H-pyrrole nitrogens is 1. The van der Waals surface area contributed by atoms with Gasteiger partial charge >= 0.3 is 0 Å². The summed E-state index contributed by atoms with van der Waals surface area (Å²) in [6.07, 6.45) is 6.90. The lowest BCUT2D eigenvalue weighted by Crippen LogP contribution is -2.19. The minimum Gasteiger partial charge on any atom is -0.486 e. The largest absolute Gasteiger partial charge is 0.486 e. The summed E-state index contributed by atoms with van der Waals surface area (Å²) in [6, 6.07) is 6.07. The molecule has 152 valence electrons. The fourth-order valence-corrected chi connectivity index (χ4v) is 4.37. The van der Waals surface area contributed by atoms with Crippen LogP contribution in [0.3, 0.4) is 0 Å². The first-order valence-corrected chi connectivity index (χ1v) is 10.3. The Morgan fingerprint density at radius 1 is 1.10 bits per heavy atom. The van der Waals surface area contributed by atoms with Gasteiger partial charge in [-0.15, -0.1) is 0 Å². The van der Waals surface area contributed by atoms with Crippen LogP contribution < -0.4 is 9.47 Å². The van der Waals surface area contributed by atoms with E-state index in [1.54, 1.807) is 0 Å². The molecule has 7 nitrogen and oxygen atoms in total. The molecule has 0 atom stereocenters. The van der Waals surface area contributed by atoms with Crippen molar-refractivity contribution in [3.05, 3.63) is 46.9 Å². The maximum absolute atomic E-state index is 5.75. The third-order valence-electron chi connectivity index (χ3n) is 5.72. The first-order chi connectivity index (χ1) is 14.2. The number of aromatic nitrogens is 4. The molecule has 0 amide bonds. The van der Waals surface area contributed by atoms with E-state index < -0.39 is 0 Å². The van der Waals surface area contributed by atoms with Crippen molar-refractivity contribution in [1.82, 2.24) is 24.9 Å². The second kappa shape index (κ2) is 7.55. The number of fused-ring (bicyclic) bond motifs is 2. The van der Waals surface area contributed by atoms with Gasteiger partial charge in [-0.05, 0) is 56.5 Å². The van der Waals surface area contributed by atoms with E-state index in [4.69, 9.17) is 14.6 Å². The minimum atomic E-state index is 0.586. The van der Waals surface area contributed by atoms with E-state index in [9.17, 15) is 0 Å². The number of ether oxygens (including phenoxy) is 2. The number of aromatic amines is 1. The van der Waals surface area contributed by atoms with Gasteiger partial charge in [-0.25, -0.2) is 0 Å². The zero-order valence-corrected chi connectivity index (χ0v) is 17.1. The van der Waals surface area contributed by atoms with Crippen LogP contribution in [-0.2, 0) is 33.0 Å². The molecule has 0 spiro atoms. The van der Waals surface area contributed by atoms with Crippen LogP contribution in [-0.4, -0.2) is 45.1 Å². The van der Waals surface area contributed by atoms with Crippen LogP contribution in [0.5, 0.6) is 11.5 Å². The van der Waals surface area contributed by atoms with Gasteiger partial charge in [0.05, 0.1) is 11.4 Å². The van der Waals surface area contributed by atoms with Crippen molar-refractivity contribution in [3.8, 4) is 22.8 Å². The van der Waals surface area contributed by atoms with E-state index in [1.807, 2.05) is 23.9 Å². The molecule has 3 heterocycles. The molecule has 0 saturated carbocycles. The molecule has 1 aliphatic heterocycles. The summed E-state index contributed by atoms with van der Waals surface area (Å²) in [5, 5.41) is 12.6. The summed E-state index contributed by atoms with van der Waals surface area (Å²) in [6.45, 7) is 2.83. The van der Waals surface area contributed by atoms with E-state index in [0.29, 0.717) is 13.2 Å². The number of nitrogens with one attached hydrogen (secondary N) is 1. The number of hydrogen-bond acceptors (Lipinski definition) is 5. The van der Waals surface area contributed by atoms with Crippen LogP contribution >= 0.6 is 0 Å². The summed E-state index contributed by atoms with van der Waals surface area (Å²) >= 11 is 0. The van der Waals surface area contributed by atoms with Crippen molar-refractivity contribution in [2.24, 2.45) is 7.05 Å². The predicted molar refractivity (Wildman–Crippen MR) is 110 cm³/mol. The van der Waals surface area contributed by atoms with Gasteiger partial charge in [-0.3, -0.25) is 14.7 Å². The average Bonchev–Trinajstić information content (AvgIpc) is 3.31. The smallest absolute Gasteiger partial charge is 0.162 e. The lowest BCUT2D eigenvalue weighted by atomic mass is 9.96. The Bertz CT molecular complexity index is 1020. The second-order valence-corrected chi connectivity index (χ2v) is 8.04. The molecule has 1 N–H and O–H groups in total. The number of benzene rings is 1. The van der Waals surface area contributed by atoms with Gasteiger partial charge in [0.2, 0.25) is 0 Å². The summed E-state index contributed by atoms with van der Waals surface area (Å²) in [5.41, 5.74) is 7.18. The number of hydrogen-bond donors (Lipinski definition) is 1. The minimum absolute atomic E-state index is 0.586. The van der Waals surface area contributed by atoms with Crippen molar-refractivity contribution < 1.29 is 9.47 Å². The number of nitrogens with zero attached hydrogens (tertiary/aromatic N) is 4. The molecule has 7 heteroatoms. The van der Waals surface area contributed by atoms with Gasteiger partial charge in [-0.1, -0.05) is 0 Å². The Hall–Kier alpha value is -2.80. The zero-order valence-electron chi connectivity index (χ0n) is 17.1. The summed E-state index contributed by atoms with van der Waals surface area (Å²) in [7, 11) is 4.11. The molecule has 2 aromatic heterocycles. The molecule has 0 bridgehead atoms. The van der Waals surface area contributed by atoms with Crippen LogP contribution in [0.4, 0.5) is 0 Å². The van der Waals surface area contributed by atoms with E-state index >= 15 is 0 Å². The summed E-state index contributed by atoms with van der Waals surface area (Å²) < 4.78 is 13.3. The average molecular weight is 393 g/mol. The van der Waals surface area contributed by atoms with Crippen LogP contribution in [0.25, 0.3) is 11.3 Å². The topological polar surface area (TPSA) is 68.2 Å². The molecule has 0 unspecified atom stereocenters. The van der Waals surface area contributed by atoms with Crippen LogP contribution in [0, 0.1) is 0 Å². The third kappa shape index (κ3) is 3.62. The zero-order chi connectivity index (χ0) is 19.8. The van der Waals surface area contributed by atoms with Crippen molar-refractivity contribution in [2.75, 3.05) is 20.3 Å². The molecule has 0 fully saturated rings. The van der Waals surface area contributed by atoms with Gasteiger partial charge in [0, 0.05) is 43.2 Å². The molecule has 2 aliphatic rings. The van der Waals surface area contributed by atoms with E-state index in [-0.39, 0.29) is 0 Å². The monoisotopic (exact) mass is 393 g/mol. The summed E-state index contributed by atoms with van der Waals surface area (Å²) in [5.74, 6) is 1.60. The lowest BCUT2D eigenvalue weighted by molar-refractivity contribution is 0.171. The molecule has 29 heavy (non-hydrogen) atoms. The fourth-order valence-electron chi connectivity index (χ4n) is 4.37. The Morgan fingerprint density at radius 2 is 1.93 bits per heavy atom. The first kappa shape index (κ1) is 18.2. The molecule has 1 aliphatic carbocycles. The van der Waals surface area contributed by atoms with Crippen molar-refractivity contribution >= 4 is 0 Å². The molecule has 0 saturated heterocycles.